The third-order valence-corrected chi connectivity index (χ3v) is 4.96. The van der Waals surface area contributed by atoms with Crippen molar-refractivity contribution < 1.29 is 4.39 Å². The Balaban J connectivity index is 2.22. The third kappa shape index (κ3) is 3.00. The number of aromatic nitrogens is 1. The third-order valence-electron chi connectivity index (χ3n) is 2.87. The van der Waals surface area contributed by atoms with Crippen LogP contribution in [0.25, 0.3) is 0 Å². The summed E-state index contributed by atoms with van der Waals surface area (Å²) in [6, 6.07) is 5.00. The number of anilines is 1. The van der Waals surface area contributed by atoms with Crippen LogP contribution in [0.4, 0.5) is 10.1 Å². The Kier molecular flexibility index (Phi) is 4.73. The van der Waals surface area contributed by atoms with Crippen molar-refractivity contribution in [2.75, 3.05) is 5.32 Å². The Morgan fingerprint density at radius 2 is 2.30 bits per heavy atom. The van der Waals surface area contributed by atoms with Gasteiger partial charge in [-0.1, -0.05) is 6.92 Å². The lowest BCUT2D eigenvalue weighted by atomic mass is 10.2. The SMILES string of the molecule is CCc1cnc(C(C)Nc2ccc(C#N)c(Br)c2F)s1. The molecule has 0 radical (unpaired) electrons. The molecule has 0 amide bonds. The van der Waals surface area contributed by atoms with E-state index >= 15 is 0 Å². The average molecular weight is 354 g/mol. The minimum atomic E-state index is -0.455. The van der Waals surface area contributed by atoms with Gasteiger partial charge in [0.15, 0.2) is 5.82 Å². The van der Waals surface area contributed by atoms with Crippen molar-refractivity contribution in [3.8, 4) is 6.07 Å². The van der Waals surface area contributed by atoms with Crippen molar-refractivity contribution >= 4 is 33.0 Å². The second-order valence-corrected chi connectivity index (χ2v) is 6.22. The fourth-order valence-electron chi connectivity index (χ4n) is 1.73. The molecule has 0 saturated heterocycles. The molecule has 0 spiro atoms. The smallest absolute Gasteiger partial charge is 0.161 e. The molecule has 1 aromatic heterocycles. The van der Waals surface area contributed by atoms with E-state index in [1.165, 1.54) is 4.88 Å². The quantitative estimate of drug-likeness (QED) is 0.869. The van der Waals surface area contributed by atoms with Crippen LogP contribution in [0.1, 0.15) is 35.3 Å². The van der Waals surface area contributed by atoms with Gasteiger partial charge < -0.3 is 5.32 Å². The molecule has 1 N–H and O–H groups in total. The van der Waals surface area contributed by atoms with E-state index in [4.69, 9.17) is 5.26 Å². The topological polar surface area (TPSA) is 48.7 Å². The van der Waals surface area contributed by atoms with Gasteiger partial charge in [-0.2, -0.15) is 5.26 Å². The predicted molar refractivity (Wildman–Crippen MR) is 82.3 cm³/mol. The van der Waals surface area contributed by atoms with E-state index in [0.717, 1.165) is 11.4 Å². The minimum Gasteiger partial charge on any atom is -0.374 e. The van der Waals surface area contributed by atoms with Gasteiger partial charge in [-0.3, -0.25) is 0 Å². The van der Waals surface area contributed by atoms with Gasteiger partial charge in [0.25, 0.3) is 0 Å². The lowest BCUT2D eigenvalue weighted by Crippen LogP contribution is -2.08. The summed E-state index contributed by atoms with van der Waals surface area (Å²) < 4.78 is 14.3. The molecule has 2 aromatic rings. The highest BCUT2D eigenvalue weighted by Crippen LogP contribution is 2.30. The van der Waals surface area contributed by atoms with E-state index < -0.39 is 5.82 Å². The fourth-order valence-corrected chi connectivity index (χ4v) is 3.02. The van der Waals surface area contributed by atoms with Crippen LogP contribution < -0.4 is 5.32 Å². The molecule has 20 heavy (non-hydrogen) atoms. The maximum atomic E-state index is 14.1. The van der Waals surface area contributed by atoms with Crippen LogP contribution in [0.3, 0.4) is 0 Å². The summed E-state index contributed by atoms with van der Waals surface area (Å²) >= 11 is 4.72. The van der Waals surface area contributed by atoms with Crippen molar-refractivity contribution in [1.29, 1.82) is 5.26 Å². The van der Waals surface area contributed by atoms with Crippen LogP contribution in [0, 0.1) is 17.1 Å². The van der Waals surface area contributed by atoms with Crippen LogP contribution >= 0.6 is 27.3 Å². The highest BCUT2D eigenvalue weighted by atomic mass is 79.9. The minimum absolute atomic E-state index is 0.0883. The average Bonchev–Trinajstić information content (AvgIpc) is 2.93. The van der Waals surface area contributed by atoms with Gasteiger partial charge in [-0.05, 0) is 41.4 Å². The van der Waals surface area contributed by atoms with E-state index in [9.17, 15) is 4.39 Å². The van der Waals surface area contributed by atoms with Crippen molar-refractivity contribution in [2.24, 2.45) is 0 Å². The number of thiazole rings is 1. The first-order valence-electron chi connectivity index (χ1n) is 6.16. The Morgan fingerprint density at radius 1 is 1.55 bits per heavy atom. The largest absolute Gasteiger partial charge is 0.374 e. The highest BCUT2D eigenvalue weighted by molar-refractivity contribution is 9.10. The summed E-state index contributed by atoms with van der Waals surface area (Å²) in [5.41, 5.74) is 0.639. The molecule has 2 rings (SSSR count). The second-order valence-electron chi connectivity index (χ2n) is 4.28. The first-order valence-corrected chi connectivity index (χ1v) is 7.77. The molecule has 1 heterocycles. The van der Waals surface area contributed by atoms with Crippen molar-refractivity contribution in [2.45, 2.75) is 26.3 Å². The monoisotopic (exact) mass is 353 g/mol. The molecule has 3 nitrogen and oxygen atoms in total. The maximum Gasteiger partial charge on any atom is 0.161 e. The molecule has 6 heteroatoms. The molecule has 0 saturated carbocycles. The Labute approximate surface area is 129 Å². The number of rotatable bonds is 4. The number of nitriles is 1. The zero-order valence-electron chi connectivity index (χ0n) is 11.1. The number of aryl methyl sites for hydroxylation is 1. The summed E-state index contributed by atoms with van der Waals surface area (Å²) in [5, 5.41) is 12.9. The Hall–Kier alpha value is -1.45. The maximum absolute atomic E-state index is 14.1. The number of halogens is 2. The fraction of sp³-hybridized carbons (Fsp3) is 0.286. The van der Waals surface area contributed by atoms with Gasteiger partial charge in [0.2, 0.25) is 0 Å². The van der Waals surface area contributed by atoms with Gasteiger partial charge in [-0.15, -0.1) is 11.3 Å². The van der Waals surface area contributed by atoms with Gasteiger partial charge in [0.05, 0.1) is 21.8 Å². The van der Waals surface area contributed by atoms with Gasteiger partial charge >= 0.3 is 0 Å². The molecular formula is C14H13BrFN3S. The summed E-state index contributed by atoms with van der Waals surface area (Å²) in [6.45, 7) is 4.01. The molecule has 1 unspecified atom stereocenters. The number of hydrogen-bond acceptors (Lipinski definition) is 4. The summed E-state index contributed by atoms with van der Waals surface area (Å²) in [5.74, 6) is -0.455. The lowest BCUT2D eigenvalue weighted by Gasteiger charge is -2.14. The van der Waals surface area contributed by atoms with Crippen molar-refractivity contribution in [3.05, 3.63) is 44.1 Å². The molecule has 104 valence electrons. The summed E-state index contributed by atoms with van der Waals surface area (Å²) in [7, 11) is 0. The Morgan fingerprint density at radius 3 is 2.90 bits per heavy atom. The van der Waals surface area contributed by atoms with E-state index in [2.05, 4.69) is 33.2 Å². The van der Waals surface area contributed by atoms with E-state index in [1.807, 2.05) is 19.2 Å². The summed E-state index contributed by atoms with van der Waals surface area (Å²) in [6.07, 6.45) is 2.80. The number of hydrogen-bond donors (Lipinski definition) is 1. The number of nitrogens with one attached hydrogen (secondary N) is 1. The van der Waals surface area contributed by atoms with Gasteiger partial charge in [0.1, 0.15) is 11.1 Å². The molecule has 0 aliphatic rings. The number of nitrogens with zero attached hydrogens (tertiary/aromatic N) is 2. The van der Waals surface area contributed by atoms with Crippen LogP contribution in [0.2, 0.25) is 0 Å². The van der Waals surface area contributed by atoms with Crippen LogP contribution in [0.15, 0.2) is 22.8 Å². The number of benzene rings is 1. The van der Waals surface area contributed by atoms with Crippen LogP contribution in [-0.2, 0) is 6.42 Å². The summed E-state index contributed by atoms with van der Waals surface area (Å²) in [4.78, 5) is 5.54. The zero-order chi connectivity index (χ0) is 14.7. The van der Waals surface area contributed by atoms with Crippen molar-refractivity contribution in [1.82, 2.24) is 4.98 Å². The van der Waals surface area contributed by atoms with Gasteiger partial charge in [0, 0.05) is 11.1 Å². The Bertz CT molecular complexity index is 663. The zero-order valence-corrected chi connectivity index (χ0v) is 13.5. The molecule has 0 bridgehead atoms. The first kappa shape index (κ1) is 14.9. The normalized spacial score (nSPS) is 11.9. The molecule has 0 aliphatic carbocycles. The van der Waals surface area contributed by atoms with Gasteiger partial charge in [-0.25, -0.2) is 9.37 Å². The standard InChI is InChI=1S/C14H13BrFN3S/c1-3-10-7-18-14(20-10)8(2)19-11-5-4-9(6-17)12(15)13(11)16/h4-5,7-8,19H,3H2,1-2H3. The van der Waals surface area contributed by atoms with Crippen LogP contribution in [-0.4, -0.2) is 4.98 Å². The lowest BCUT2D eigenvalue weighted by molar-refractivity contribution is 0.620. The van der Waals surface area contributed by atoms with E-state index in [-0.39, 0.29) is 16.1 Å². The van der Waals surface area contributed by atoms with E-state index in [0.29, 0.717) is 5.69 Å². The molecule has 0 fully saturated rings. The second kappa shape index (κ2) is 6.33. The molecular weight excluding hydrogens is 341 g/mol. The predicted octanol–water partition coefficient (Wildman–Crippen LogP) is 4.65. The van der Waals surface area contributed by atoms with Crippen LogP contribution in [0.5, 0.6) is 0 Å². The van der Waals surface area contributed by atoms with E-state index in [1.54, 1.807) is 23.5 Å². The molecule has 0 aliphatic heterocycles. The first-order chi connectivity index (χ1) is 9.56. The van der Waals surface area contributed by atoms with Crippen molar-refractivity contribution in [3.63, 3.8) is 0 Å². The highest BCUT2D eigenvalue weighted by Gasteiger charge is 2.15. The molecule has 1 aromatic carbocycles. The molecule has 1 atom stereocenters.